The Bertz CT molecular complexity index is 992. The molecular formula is C24H23F2NO2. The van der Waals surface area contributed by atoms with Gasteiger partial charge in [-0.05, 0) is 41.3 Å². The summed E-state index contributed by atoms with van der Waals surface area (Å²) >= 11 is 0. The molecule has 0 radical (unpaired) electrons. The topological polar surface area (TPSA) is 32.7 Å². The average molecular weight is 395 g/mol. The summed E-state index contributed by atoms with van der Waals surface area (Å²) in [5.74, 6) is -1.25. The van der Waals surface area contributed by atoms with Gasteiger partial charge in [0, 0.05) is 25.2 Å². The van der Waals surface area contributed by atoms with Gasteiger partial charge in [0.1, 0.15) is 18.5 Å². The summed E-state index contributed by atoms with van der Waals surface area (Å²) in [6.45, 7) is 2.38. The summed E-state index contributed by atoms with van der Waals surface area (Å²) in [5.41, 5.74) is 3.39. The van der Waals surface area contributed by atoms with Crippen LogP contribution in [0.1, 0.15) is 11.1 Å². The van der Waals surface area contributed by atoms with Crippen LogP contribution in [0.4, 0.5) is 8.78 Å². The van der Waals surface area contributed by atoms with E-state index in [9.17, 15) is 13.9 Å². The van der Waals surface area contributed by atoms with Crippen LogP contribution in [0.25, 0.3) is 11.1 Å². The molecule has 0 aromatic heterocycles. The Morgan fingerprint density at radius 3 is 2.62 bits per heavy atom. The smallest absolute Gasteiger partial charge is 0.166 e. The average Bonchev–Trinajstić information content (AvgIpc) is 2.74. The molecule has 1 aliphatic heterocycles. The van der Waals surface area contributed by atoms with Gasteiger partial charge in [-0.2, -0.15) is 0 Å². The van der Waals surface area contributed by atoms with E-state index in [1.807, 2.05) is 6.07 Å². The van der Waals surface area contributed by atoms with Crippen molar-refractivity contribution in [3.63, 3.8) is 0 Å². The summed E-state index contributed by atoms with van der Waals surface area (Å²) in [7, 11) is 0. The van der Waals surface area contributed by atoms with Crippen LogP contribution in [0.5, 0.6) is 5.75 Å². The van der Waals surface area contributed by atoms with Crippen LogP contribution in [-0.4, -0.2) is 35.8 Å². The Morgan fingerprint density at radius 1 is 0.966 bits per heavy atom. The van der Waals surface area contributed by atoms with Gasteiger partial charge >= 0.3 is 0 Å². The zero-order valence-electron chi connectivity index (χ0n) is 16.0. The third kappa shape index (κ3) is 4.63. The molecule has 0 saturated heterocycles. The number of fused-ring (bicyclic) bond motifs is 1. The molecule has 3 aromatic carbocycles. The summed E-state index contributed by atoms with van der Waals surface area (Å²) in [6, 6.07) is 19.3. The third-order valence-corrected chi connectivity index (χ3v) is 5.22. The Kier molecular flexibility index (Phi) is 5.88. The highest BCUT2D eigenvalue weighted by Crippen LogP contribution is 2.27. The van der Waals surface area contributed by atoms with E-state index in [2.05, 4.69) is 23.1 Å². The van der Waals surface area contributed by atoms with Crippen molar-refractivity contribution in [2.45, 2.75) is 19.1 Å². The van der Waals surface area contributed by atoms with Gasteiger partial charge in [0.25, 0.3) is 0 Å². The first kappa shape index (κ1) is 19.6. The molecule has 0 saturated carbocycles. The molecule has 29 heavy (non-hydrogen) atoms. The number of aliphatic hydroxyl groups is 1. The van der Waals surface area contributed by atoms with Gasteiger partial charge in [0.2, 0.25) is 0 Å². The van der Waals surface area contributed by atoms with E-state index in [1.54, 1.807) is 24.3 Å². The van der Waals surface area contributed by atoms with Crippen molar-refractivity contribution in [1.82, 2.24) is 4.90 Å². The monoisotopic (exact) mass is 395 g/mol. The highest BCUT2D eigenvalue weighted by Gasteiger charge is 2.19. The fourth-order valence-corrected chi connectivity index (χ4v) is 3.73. The second-order valence-electron chi connectivity index (χ2n) is 7.35. The highest BCUT2D eigenvalue weighted by atomic mass is 19.2. The Labute approximate surface area is 169 Å². The van der Waals surface area contributed by atoms with E-state index in [0.29, 0.717) is 17.9 Å². The standard InChI is InChI=1S/C24H23F2NO2/c25-23-10-4-9-22(24(23)26)18-7-3-8-21(13-18)29-16-20(28)15-27-12-11-17-5-1-2-6-19(17)14-27/h1-10,13,20,28H,11-12,14-16H2. The number of hydrogen-bond acceptors (Lipinski definition) is 3. The van der Waals surface area contributed by atoms with E-state index in [-0.39, 0.29) is 12.2 Å². The van der Waals surface area contributed by atoms with Crippen LogP contribution in [0, 0.1) is 11.6 Å². The number of hydrogen-bond donors (Lipinski definition) is 1. The van der Waals surface area contributed by atoms with Crippen LogP contribution >= 0.6 is 0 Å². The molecule has 1 aliphatic rings. The molecule has 5 heteroatoms. The molecule has 0 bridgehead atoms. The first-order valence-electron chi connectivity index (χ1n) is 9.74. The molecule has 1 heterocycles. The zero-order chi connectivity index (χ0) is 20.2. The lowest BCUT2D eigenvalue weighted by Gasteiger charge is -2.30. The maximum absolute atomic E-state index is 14.0. The van der Waals surface area contributed by atoms with Crippen LogP contribution in [0.2, 0.25) is 0 Å². The minimum Gasteiger partial charge on any atom is -0.491 e. The molecule has 150 valence electrons. The molecule has 1 N–H and O–H groups in total. The fourth-order valence-electron chi connectivity index (χ4n) is 3.73. The first-order valence-corrected chi connectivity index (χ1v) is 9.74. The second-order valence-corrected chi connectivity index (χ2v) is 7.35. The number of halogens is 2. The highest BCUT2D eigenvalue weighted by molar-refractivity contribution is 5.65. The zero-order valence-corrected chi connectivity index (χ0v) is 16.0. The van der Waals surface area contributed by atoms with Gasteiger partial charge in [-0.15, -0.1) is 0 Å². The van der Waals surface area contributed by atoms with Gasteiger partial charge < -0.3 is 9.84 Å². The maximum Gasteiger partial charge on any atom is 0.166 e. The summed E-state index contributed by atoms with van der Waals surface area (Å²) < 4.78 is 33.2. The molecule has 0 fully saturated rings. The summed E-state index contributed by atoms with van der Waals surface area (Å²) in [5, 5.41) is 10.4. The van der Waals surface area contributed by atoms with E-state index in [1.165, 1.54) is 23.3 Å². The minimum absolute atomic E-state index is 0.132. The molecule has 0 amide bonds. The number of benzene rings is 3. The van der Waals surface area contributed by atoms with E-state index in [0.717, 1.165) is 25.6 Å². The van der Waals surface area contributed by atoms with Crippen LogP contribution < -0.4 is 4.74 Å². The van der Waals surface area contributed by atoms with Crippen LogP contribution in [0.3, 0.4) is 0 Å². The predicted molar refractivity (Wildman–Crippen MR) is 109 cm³/mol. The lowest BCUT2D eigenvalue weighted by Crippen LogP contribution is -2.38. The van der Waals surface area contributed by atoms with Crippen LogP contribution in [-0.2, 0) is 13.0 Å². The summed E-state index contributed by atoms with van der Waals surface area (Å²) in [4.78, 5) is 2.22. The van der Waals surface area contributed by atoms with E-state index >= 15 is 0 Å². The molecular weight excluding hydrogens is 372 g/mol. The van der Waals surface area contributed by atoms with Gasteiger partial charge in [-0.3, -0.25) is 4.90 Å². The van der Waals surface area contributed by atoms with Gasteiger partial charge in [0.15, 0.2) is 11.6 Å². The van der Waals surface area contributed by atoms with Crippen molar-refractivity contribution in [2.75, 3.05) is 19.7 Å². The number of nitrogens with zero attached hydrogens (tertiary/aromatic N) is 1. The number of β-amino-alcohol motifs (C(OH)–C–C–N with tert-alkyl or cyclic N) is 1. The molecule has 3 aromatic rings. The second kappa shape index (κ2) is 8.72. The molecule has 0 spiro atoms. The summed E-state index contributed by atoms with van der Waals surface area (Å²) in [6.07, 6.45) is 0.333. The maximum atomic E-state index is 14.0. The lowest BCUT2D eigenvalue weighted by molar-refractivity contribution is 0.0638. The Balaban J connectivity index is 1.35. The van der Waals surface area contributed by atoms with E-state index in [4.69, 9.17) is 4.74 Å². The largest absolute Gasteiger partial charge is 0.491 e. The van der Waals surface area contributed by atoms with Crippen molar-refractivity contribution in [2.24, 2.45) is 0 Å². The Hall–Kier alpha value is -2.76. The van der Waals surface area contributed by atoms with Crippen molar-refractivity contribution < 1.29 is 18.6 Å². The molecule has 3 nitrogen and oxygen atoms in total. The third-order valence-electron chi connectivity index (χ3n) is 5.22. The predicted octanol–water partition coefficient (Wildman–Crippen LogP) is 4.43. The fraction of sp³-hybridized carbons (Fsp3) is 0.250. The van der Waals surface area contributed by atoms with Gasteiger partial charge in [-0.25, -0.2) is 8.78 Å². The van der Waals surface area contributed by atoms with Crippen molar-refractivity contribution in [1.29, 1.82) is 0 Å². The number of aliphatic hydroxyl groups excluding tert-OH is 1. The minimum atomic E-state index is -0.882. The molecule has 1 atom stereocenters. The first-order chi connectivity index (χ1) is 14.1. The lowest BCUT2D eigenvalue weighted by atomic mass is 10.00. The molecule has 1 unspecified atom stereocenters. The quantitative estimate of drug-likeness (QED) is 0.670. The van der Waals surface area contributed by atoms with Crippen LogP contribution in [0.15, 0.2) is 66.7 Å². The Morgan fingerprint density at radius 2 is 1.76 bits per heavy atom. The van der Waals surface area contributed by atoms with Crippen molar-refractivity contribution in [3.8, 4) is 16.9 Å². The molecule has 4 rings (SSSR count). The number of ether oxygens (including phenoxy) is 1. The van der Waals surface area contributed by atoms with Crippen molar-refractivity contribution >= 4 is 0 Å². The van der Waals surface area contributed by atoms with Gasteiger partial charge in [-0.1, -0.05) is 48.5 Å². The van der Waals surface area contributed by atoms with Crippen molar-refractivity contribution in [3.05, 3.63) is 89.5 Å². The molecule has 0 aliphatic carbocycles. The number of rotatable bonds is 6. The SMILES string of the molecule is OC(COc1cccc(-c2cccc(F)c2F)c1)CN1CCc2ccccc2C1. The normalized spacial score (nSPS) is 15.0. The van der Waals surface area contributed by atoms with E-state index < -0.39 is 17.7 Å². The van der Waals surface area contributed by atoms with Gasteiger partial charge in [0.05, 0.1) is 0 Å².